The van der Waals surface area contributed by atoms with Gasteiger partial charge >= 0.3 is 0 Å². The maximum atomic E-state index is 16.5. The minimum atomic E-state index is -3.50. The van der Waals surface area contributed by atoms with E-state index in [1.807, 2.05) is 191 Å². The van der Waals surface area contributed by atoms with E-state index < -0.39 is 7.14 Å². The van der Waals surface area contributed by atoms with Gasteiger partial charge in [0.2, 0.25) is 0 Å². The number of anilines is 4. The van der Waals surface area contributed by atoms with E-state index in [2.05, 4.69) is 99.3 Å². The van der Waals surface area contributed by atoms with Crippen molar-refractivity contribution >= 4 is 63.5 Å². The Bertz CT molecular complexity index is 3020. The molecule has 0 aliphatic heterocycles. The van der Waals surface area contributed by atoms with E-state index in [0.29, 0.717) is 0 Å². The van der Waals surface area contributed by atoms with Gasteiger partial charge in [-0.15, -0.1) is 0 Å². The molecule has 0 bridgehead atoms. The van der Waals surface area contributed by atoms with Crippen molar-refractivity contribution in [2.24, 2.45) is 0 Å². The van der Waals surface area contributed by atoms with E-state index in [1.165, 1.54) is 0 Å². The molecular formula is C60H51N6OP. The molecule has 0 spiro atoms. The lowest BCUT2D eigenvalue weighted by Gasteiger charge is -2.28. The summed E-state index contributed by atoms with van der Waals surface area (Å²) in [6.07, 6.45) is 17.7. The fraction of sp³-hybridized carbons (Fsp3) is 0.0500. The molecule has 0 atom stereocenters. The summed E-state index contributed by atoms with van der Waals surface area (Å²) in [4.78, 5) is 18.6. The normalized spacial score (nSPS) is 12.2. The number of hydrogen-bond donors (Lipinski definition) is 0. The van der Waals surface area contributed by atoms with Gasteiger partial charge in [0.1, 0.15) is 17.5 Å². The van der Waals surface area contributed by atoms with E-state index in [-0.39, 0.29) is 0 Å². The second-order valence-corrected chi connectivity index (χ2v) is 18.6. The van der Waals surface area contributed by atoms with Gasteiger partial charge in [0.25, 0.3) is 0 Å². The van der Waals surface area contributed by atoms with Crippen molar-refractivity contribution in [2.75, 3.05) is 9.80 Å². The second kappa shape index (κ2) is 20.8. The molecule has 0 fully saturated rings. The predicted molar refractivity (Wildman–Crippen MR) is 285 cm³/mol. The fourth-order valence-electron chi connectivity index (χ4n) is 8.53. The number of nitrogens with zero attached hydrogens (tertiary/aromatic N) is 6. The fourth-order valence-corrected chi connectivity index (χ4v) is 11.1. The van der Waals surface area contributed by atoms with Crippen LogP contribution in [0.15, 0.2) is 249 Å². The van der Waals surface area contributed by atoms with Crippen molar-refractivity contribution < 1.29 is 4.57 Å². The molecule has 7 nitrogen and oxygen atoms in total. The molecule has 0 unspecified atom stereocenters. The molecule has 0 amide bonds. The summed E-state index contributed by atoms with van der Waals surface area (Å²) in [5.74, 6) is 2.40. The van der Waals surface area contributed by atoms with Crippen LogP contribution < -0.4 is 25.7 Å². The first kappa shape index (κ1) is 44.8. The molecule has 0 radical (unpaired) electrons. The number of imidazole rings is 1. The highest BCUT2D eigenvalue weighted by Gasteiger charge is 2.31. The van der Waals surface area contributed by atoms with E-state index >= 15 is 4.57 Å². The lowest BCUT2D eigenvalue weighted by atomic mass is 10.1. The van der Waals surface area contributed by atoms with Gasteiger partial charge in [0.15, 0.2) is 7.14 Å². The molecule has 0 N–H and O–H groups in total. The quantitative estimate of drug-likeness (QED) is 0.0754. The van der Waals surface area contributed by atoms with Crippen molar-refractivity contribution in [3.63, 3.8) is 0 Å². The zero-order valence-corrected chi connectivity index (χ0v) is 39.2. The number of pyridine rings is 2. The topological polar surface area (TPSA) is 67.2 Å². The first-order valence-corrected chi connectivity index (χ1v) is 24.4. The molecule has 8 heteroatoms. The van der Waals surface area contributed by atoms with Gasteiger partial charge in [-0.2, -0.15) is 0 Å². The summed E-state index contributed by atoms with van der Waals surface area (Å²) < 4.78 is 18.6. The Balaban J connectivity index is 1.14. The van der Waals surface area contributed by atoms with Crippen molar-refractivity contribution in [2.45, 2.75) is 20.8 Å². The van der Waals surface area contributed by atoms with Gasteiger partial charge in [-0.1, -0.05) is 170 Å². The highest BCUT2D eigenvalue weighted by molar-refractivity contribution is 7.85. The third kappa shape index (κ3) is 9.21. The lowest BCUT2D eigenvalue weighted by molar-refractivity contribution is 0.592. The van der Waals surface area contributed by atoms with Crippen LogP contribution in [0.25, 0.3) is 34.4 Å². The number of rotatable bonds is 15. The molecule has 332 valence electrons. The standard InChI is InChI=1S/C60H51N6OP/c1-4-7-11-28-60-63-45-57(66(60)51-26-16-10-17-27-51)48-35-41-54(42-36-48)68(67,52-37-31-46(32-38-52)55(5-2)64(49-22-12-8-13-23-49)58-29-18-20-43-61-58)53-39-33-47(34-40-53)56(6-3)65(50-24-14-9-15-25-50)59-30-19-21-44-62-59/h4-45H,1-3H3/b7-4-,28-11-,55-5-,56-6-. The minimum absolute atomic E-state index is 0.719. The van der Waals surface area contributed by atoms with Crippen LogP contribution in [-0.4, -0.2) is 19.5 Å². The van der Waals surface area contributed by atoms with Gasteiger partial charge in [-0.3, -0.25) is 14.4 Å². The minimum Gasteiger partial charge on any atom is -0.309 e. The monoisotopic (exact) mass is 902 g/mol. The van der Waals surface area contributed by atoms with Crippen molar-refractivity contribution in [3.05, 3.63) is 266 Å². The first-order valence-electron chi connectivity index (χ1n) is 22.7. The maximum absolute atomic E-state index is 16.5. The smallest absolute Gasteiger partial charge is 0.171 e. The van der Waals surface area contributed by atoms with Crippen LogP contribution in [0.2, 0.25) is 0 Å². The van der Waals surface area contributed by atoms with Crippen LogP contribution in [0.5, 0.6) is 0 Å². The lowest BCUT2D eigenvalue weighted by Crippen LogP contribution is -2.25. The number of aromatic nitrogens is 4. The van der Waals surface area contributed by atoms with Crippen LogP contribution in [0, 0.1) is 0 Å². The second-order valence-electron chi connectivity index (χ2n) is 15.9. The zero-order valence-electron chi connectivity index (χ0n) is 38.3. The average molecular weight is 903 g/mol. The summed E-state index contributed by atoms with van der Waals surface area (Å²) >= 11 is 0. The Kier molecular flexibility index (Phi) is 13.7. The first-order chi connectivity index (χ1) is 33.5. The molecular weight excluding hydrogens is 852 g/mol. The Morgan fingerprint density at radius 2 is 0.926 bits per heavy atom. The zero-order chi connectivity index (χ0) is 46.7. The van der Waals surface area contributed by atoms with Crippen molar-refractivity contribution in [1.29, 1.82) is 0 Å². The summed E-state index contributed by atoms with van der Waals surface area (Å²) in [5, 5.41) is 2.16. The summed E-state index contributed by atoms with van der Waals surface area (Å²) in [7, 11) is -3.50. The van der Waals surface area contributed by atoms with Crippen LogP contribution in [0.1, 0.15) is 37.7 Å². The van der Waals surface area contributed by atoms with Crippen LogP contribution in [0.3, 0.4) is 0 Å². The Labute approximate surface area is 399 Å². The number of benzene rings is 6. The van der Waals surface area contributed by atoms with Crippen LogP contribution >= 0.6 is 7.14 Å². The third-order valence-electron chi connectivity index (χ3n) is 11.7. The van der Waals surface area contributed by atoms with Gasteiger partial charge < -0.3 is 4.57 Å². The Morgan fingerprint density at radius 3 is 1.35 bits per heavy atom. The van der Waals surface area contributed by atoms with Gasteiger partial charge in [-0.25, -0.2) is 15.0 Å². The van der Waals surface area contributed by atoms with Gasteiger partial charge in [0.05, 0.1) is 23.3 Å². The van der Waals surface area contributed by atoms with Crippen LogP contribution in [0.4, 0.5) is 23.0 Å². The van der Waals surface area contributed by atoms with E-state index in [9.17, 15) is 0 Å². The maximum Gasteiger partial charge on any atom is 0.171 e. The van der Waals surface area contributed by atoms with Crippen molar-refractivity contribution in [3.8, 4) is 16.9 Å². The van der Waals surface area contributed by atoms with Crippen molar-refractivity contribution in [1.82, 2.24) is 19.5 Å². The molecule has 6 aromatic carbocycles. The highest BCUT2D eigenvalue weighted by Crippen LogP contribution is 2.44. The molecule has 68 heavy (non-hydrogen) atoms. The molecule has 9 aromatic rings. The SMILES string of the molecule is C/C=C\C=C/c1ncc(-c2ccc(P(=O)(c3ccc(/C(=C/C)N(c4ccccc4)c4ccccn4)cc3)c3ccc(/C(=C/C)N(c4ccccc4)c4ccccn4)cc3)cc2)n1-c1ccccc1. The molecule has 0 saturated heterocycles. The Hall–Kier alpha value is -8.38. The summed E-state index contributed by atoms with van der Waals surface area (Å²) in [5.41, 5.74) is 8.68. The van der Waals surface area contributed by atoms with E-state index in [0.717, 1.165) is 84.2 Å². The molecule has 0 aliphatic carbocycles. The number of hydrogen-bond acceptors (Lipinski definition) is 6. The molecule has 3 heterocycles. The molecule has 3 aromatic heterocycles. The highest BCUT2D eigenvalue weighted by atomic mass is 31.2. The number of allylic oxidation sites excluding steroid dienone is 5. The van der Waals surface area contributed by atoms with Gasteiger partial charge in [-0.05, 0) is 98.6 Å². The van der Waals surface area contributed by atoms with Gasteiger partial charge in [0, 0.05) is 50.9 Å². The van der Waals surface area contributed by atoms with Crippen LogP contribution in [-0.2, 0) is 4.57 Å². The number of para-hydroxylation sites is 3. The van der Waals surface area contributed by atoms with E-state index in [1.54, 1.807) is 0 Å². The molecule has 0 aliphatic rings. The summed E-state index contributed by atoms with van der Waals surface area (Å²) in [6, 6.07) is 67.1. The molecule has 0 saturated carbocycles. The third-order valence-corrected chi connectivity index (χ3v) is 14.8. The molecule has 9 rings (SSSR count). The largest absolute Gasteiger partial charge is 0.309 e. The summed E-state index contributed by atoms with van der Waals surface area (Å²) in [6.45, 7) is 6.06. The average Bonchev–Trinajstić information content (AvgIpc) is 3.84. The van der Waals surface area contributed by atoms with E-state index in [4.69, 9.17) is 15.0 Å². The Morgan fingerprint density at radius 1 is 0.485 bits per heavy atom. The predicted octanol–water partition coefficient (Wildman–Crippen LogP) is 14.0.